The molecule has 0 aliphatic heterocycles. The van der Waals surface area contributed by atoms with E-state index in [1.54, 1.807) is 0 Å². The molecule has 0 heterocycles. The number of ketones is 1. The van der Waals surface area contributed by atoms with Crippen LogP contribution in [0.25, 0.3) is 0 Å². The number of esters is 1. The van der Waals surface area contributed by atoms with Crippen LogP contribution in [0.2, 0.25) is 0 Å². The number of Topliss-reactive ketones (excluding diaryl/α,β-unsaturated/α-hetero) is 1. The Morgan fingerprint density at radius 3 is 2.58 bits per heavy atom. The first kappa shape index (κ1) is 15.7. The van der Waals surface area contributed by atoms with E-state index in [2.05, 4.69) is 22.7 Å². The fourth-order valence-electron chi connectivity index (χ4n) is 1.66. The van der Waals surface area contributed by atoms with Gasteiger partial charge >= 0.3 is 5.97 Å². The fourth-order valence-corrected chi connectivity index (χ4v) is 1.94. The number of ether oxygens (including phenoxy) is 1. The molecule has 0 aromatic heterocycles. The zero-order valence-corrected chi connectivity index (χ0v) is 11.9. The van der Waals surface area contributed by atoms with Gasteiger partial charge < -0.3 is 10.1 Å². The quantitative estimate of drug-likeness (QED) is 0.556. The zero-order chi connectivity index (χ0) is 14.1. The molecule has 1 N–H and O–H groups in total. The van der Waals surface area contributed by atoms with Crippen LogP contribution in [0.15, 0.2) is 30.3 Å². The molecule has 5 heteroatoms. The standard InChI is InChI=1S/C14H19NO3S/c1-18-14(17)13(10-19)15-8-7-12(16)9-11-5-3-2-4-6-11/h2-6,13,15,19H,7-10H2,1H3/t13-/m1/s1. The van der Waals surface area contributed by atoms with Crippen LogP contribution in [0.5, 0.6) is 0 Å². The van der Waals surface area contributed by atoms with Gasteiger partial charge in [0.1, 0.15) is 11.8 Å². The van der Waals surface area contributed by atoms with E-state index in [1.165, 1.54) is 7.11 Å². The second-order valence-electron chi connectivity index (χ2n) is 4.16. The summed E-state index contributed by atoms with van der Waals surface area (Å²) in [6, 6.07) is 9.14. The highest BCUT2D eigenvalue weighted by atomic mass is 32.1. The third-order valence-corrected chi connectivity index (χ3v) is 3.07. The average Bonchev–Trinajstić information content (AvgIpc) is 2.44. The second kappa shape index (κ2) is 8.72. The van der Waals surface area contributed by atoms with Crippen molar-refractivity contribution in [1.29, 1.82) is 0 Å². The molecule has 0 amide bonds. The molecule has 0 aliphatic rings. The number of rotatable bonds is 8. The molecule has 19 heavy (non-hydrogen) atoms. The maximum absolute atomic E-state index is 11.7. The maximum Gasteiger partial charge on any atom is 0.323 e. The Bertz CT molecular complexity index is 408. The monoisotopic (exact) mass is 281 g/mol. The Morgan fingerprint density at radius 2 is 2.00 bits per heavy atom. The van der Waals surface area contributed by atoms with Crippen LogP contribution in [-0.2, 0) is 20.7 Å². The Kier molecular flexibility index (Phi) is 7.22. The predicted octanol–water partition coefficient (Wildman–Crippen LogP) is 1.25. The van der Waals surface area contributed by atoms with Gasteiger partial charge in [-0.05, 0) is 5.56 Å². The molecule has 4 nitrogen and oxygen atoms in total. The van der Waals surface area contributed by atoms with Crippen LogP contribution >= 0.6 is 12.6 Å². The van der Waals surface area contributed by atoms with E-state index in [1.807, 2.05) is 30.3 Å². The highest BCUT2D eigenvalue weighted by Gasteiger charge is 2.16. The summed E-state index contributed by atoms with van der Waals surface area (Å²) in [5.74, 6) is 0.131. The molecule has 1 aromatic carbocycles. The van der Waals surface area contributed by atoms with Gasteiger partial charge in [0.25, 0.3) is 0 Å². The van der Waals surface area contributed by atoms with Gasteiger partial charge in [-0.1, -0.05) is 30.3 Å². The molecule has 1 aromatic rings. The lowest BCUT2D eigenvalue weighted by molar-refractivity contribution is -0.142. The van der Waals surface area contributed by atoms with Crippen LogP contribution in [0.3, 0.4) is 0 Å². The Hall–Kier alpha value is -1.33. The smallest absolute Gasteiger partial charge is 0.323 e. The van der Waals surface area contributed by atoms with Gasteiger partial charge in [-0.15, -0.1) is 0 Å². The topological polar surface area (TPSA) is 55.4 Å². The van der Waals surface area contributed by atoms with Crippen molar-refractivity contribution < 1.29 is 14.3 Å². The van der Waals surface area contributed by atoms with Crippen LogP contribution in [-0.4, -0.2) is 37.2 Å². The van der Waals surface area contributed by atoms with E-state index in [0.717, 1.165) is 5.56 Å². The first-order valence-electron chi connectivity index (χ1n) is 6.15. The SMILES string of the molecule is COC(=O)[C@@H](CS)NCCC(=O)Cc1ccccc1. The fraction of sp³-hybridized carbons (Fsp3) is 0.429. The number of thiol groups is 1. The van der Waals surface area contributed by atoms with E-state index in [4.69, 9.17) is 0 Å². The summed E-state index contributed by atoms with van der Waals surface area (Å²) in [4.78, 5) is 23.0. The van der Waals surface area contributed by atoms with Gasteiger partial charge in [0.2, 0.25) is 0 Å². The van der Waals surface area contributed by atoms with Gasteiger partial charge in [-0.2, -0.15) is 12.6 Å². The van der Waals surface area contributed by atoms with Crippen molar-refractivity contribution >= 4 is 24.4 Å². The highest BCUT2D eigenvalue weighted by molar-refractivity contribution is 7.80. The van der Waals surface area contributed by atoms with Gasteiger partial charge in [0, 0.05) is 25.1 Å². The number of nitrogens with one attached hydrogen (secondary N) is 1. The number of hydrogen-bond acceptors (Lipinski definition) is 5. The van der Waals surface area contributed by atoms with Crippen LogP contribution in [0.4, 0.5) is 0 Å². The predicted molar refractivity (Wildman–Crippen MR) is 77.4 cm³/mol. The summed E-state index contributed by atoms with van der Waals surface area (Å²) in [5.41, 5.74) is 1.01. The first-order chi connectivity index (χ1) is 9.17. The van der Waals surface area contributed by atoms with Gasteiger partial charge in [-0.25, -0.2) is 0 Å². The van der Waals surface area contributed by atoms with Crippen LogP contribution < -0.4 is 5.32 Å². The number of methoxy groups -OCH3 is 1. The van der Waals surface area contributed by atoms with Crippen molar-refractivity contribution in [2.45, 2.75) is 18.9 Å². The molecular weight excluding hydrogens is 262 g/mol. The molecule has 0 fully saturated rings. The first-order valence-corrected chi connectivity index (χ1v) is 6.78. The maximum atomic E-state index is 11.7. The van der Waals surface area contributed by atoms with Crippen LogP contribution in [0.1, 0.15) is 12.0 Å². The van der Waals surface area contributed by atoms with Crippen molar-refractivity contribution in [1.82, 2.24) is 5.32 Å². The van der Waals surface area contributed by atoms with E-state index >= 15 is 0 Å². The Balaban J connectivity index is 2.29. The molecular formula is C14H19NO3S. The van der Waals surface area contributed by atoms with Crippen LogP contribution in [0, 0.1) is 0 Å². The van der Waals surface area contributed by atoms with Gasteiger partial charge in [-0.3, -0.25) is 9.59 Å². The lowest BCUT2D eigenvalue weighted by Gasteiger charge is -2.13. The van der Waals surface area contributed by atoms with Crippen molar-refractivity contribution in [3.05, 3.63) is 35.9 Å². The molecule has 1 rings (SSSR count). The Morgan fingerprint density at radius 1 is 1.32 bits per heavy atom. The lowest BCUT2D eigenvalue weighted by atomic mass is 10.1. The van der Waals surface area contributed by atoms with E-state index in [-0.39, 0.29) is 11.8 Å². The summed E-state index contributed by atoms with van der Waals surface area (Å²) in [7, 11) is 1.33. The summed E-state index contributed by atoms with van der Waals surface area (Å²) in [5, 5.41) is 2.97. The average molecular weight is 281 g/mol. The number of carbonyl (C=O) groups excluding carboxylic acids is 2. The molecule has 0 bridgehead atoms. The summed E-state index contributed by atoms with van der Waals surface area (Å²) >= 11 is 4.07. The minimum absolute atomic E-state index is 0.140. The third kappa shape index (κ3) is 5.89. The van der Waals surface area contributed by atoms with Gasteiger partial charge in [0.05, 0.1) is 7.11 Å². The van der Waals surface area contributed by atoms with Crippen molar-refractivity contribution in [2.75, 3.05) is 19.4 Å². The number of hydrogen-bond donors (Lipinski definition) is 2. The molecule has 0 saturated heterocycles. The molecule has 0 spiro atoms. The third-order valence-electron chi connectivity index (χ3n) is 2.71. The van der Waals surface area contributed by atoms with Crippen molar-refractivity contribution in [3.8, 4) is 0 Å². The molecule has 104 valence electrons. The largest absolute Gasteiger partial charge is 0.468 e. The van der Waals surface area contributed by atoms with E-state index in [0.29, 0.717) is 25.1 Å². The minimum Gasteiger partial charge on any atom is -0.468 e. The number of carbonyl (C=O) groups is 2. The van der Waals surface area contributed by atoms with E-state index < -0.39 is 6.04 Å². The molecule has 0 aliphatic carbocycles. The summed E-state index contributed by atoms with van der Waals surface area (Å²) < 4.78 is 4.62. The normalized spacial score (nSPS) is 11.9. The molecule has 0 saturated carbocycles. The zero-order valence-electron chi connectivity index (χ0n) is 11.0. The van der Waals surface area contributed by atoms with Crippen molar-refractivity contribution in [2.24, 2.45) is 0 Å². The van der Waals surface area contributed by atoms with Crippen molar-refractivity contribution in [3.63, 3.8) is 0 Å². The Labute approximate surface area is 118 Å². The van der Waals surface area contributed by atoms with E-state index in [9.17, 15) is 9.59 Å². The minimum atomic E-state index is -0.460. The lowest BCUT2D eigenvalue weighted by Crippen LogP contribution is -2.40. The van der Waals surface area contributed by atoms with Gasteiger partial charge in [0.15, 0.2) is 0 Å². The summed E-state index contributed by atoms with van der Waals surface area (Å²) in [6.45, 7) is 0.450. The second-order valence-corrected chi connectivity index (χ2v) is 4.53. The number of benzene rings is 1. The molecule has 0 radical (unpaired) electrons. The highest BCUT2D eigenvalue weighted by Crippen LogP contribution is 2.02. The molecule has 0 unspecified atom stereocenters. The summed E-state index contributed by atoms with van der Waals surface area (Å²) in [6.07, 6.45) is 0.808. The molecule has 1 atom stereocenters.